The zero-order valence-corrected chi connectivity index (χ0v) is 13.9. The standard InChI is InChI=1S/C16H29N5O/c1-17-7-9-21(10-8-18-2)13-16(22)20-15-6-4-5-14(11-15)12-19-3/h4-6,11,17-19H,7-10,12-13H2,1-3H3,(H,20,22). The van der Waals surface area contributed by atoms with Gasteiger partial charge in [-0.25, -0.2) is 0 Å². The maximum absolute atomic E-state index is 12.2. The van der Waals surface area contributed by atoms with E-state index >= 15 is 0 Å². The normalized spacial score (nSPS) is 10.9. The van der Waals surface area contributed by atoms with Gasteiger partial charge in [0.2, 0.25) is 5.91 Å². The molecule has 6 nitrogen and oxygen atoms in total. The Bertz CT molecular complexity index is 430. The summed E-state index contributed by atoms with van der Waals surface area (Å²) in [5.41, 5.74) is 2.00. The Morgan fingerprint density at radius 2 is 1.73 bits per heavy atom. The van der Waals surface area contributed by atoms with Gasteiger partial charge in [0.15, 0.2) is 0 Å². The minimum Gasteiger partial charge on any atom is -0.325 e. The van der Waals surface area contributed by atoms with E-state index in [1.807, 2.05) is 45.4 Å². The SMILES string of the molecule is CNCCN(CCNC)CC(=O)Nc1cccc(CNC)c1. The van der Waals surface area contributed by atoms with E-state index in [0.29, 0.717) is 6.54 Å². The topological polar surface area (TPSA) is 68.4 Å². The fourth-order valence-electron chi connectivity index (χ4n) is 2.18. The first-order chi connectivity index (χ1) is 10.7. The molecular formula is C16H29N5O. The van der Waals surface area contributed by atoms with Crippen LogP contribution in [0.4, 0.5) is 5.69 Å². The predicted molar refractivity (Wildman–Crippen MR) is 92.1 cm³/mol. The number of carbonyl (C=O) groups excluding carboxylic acids is 1. The number of hydrogen-bond donors (Lipinski definition) is 4. The summed E-state index contributed by atoms with van der Waals surface area (Å²) in [6, 6.07) is 7.92. The van der Waals surface area contributed by atoms with Gasteiger partial charge in [0, 0.05) is 38.4 Å². The average molecular weight is 307 g/mol. The molecule has 0 fully saturated rings. The smallest absolute Gasteiger partial charge is 0.238 e. The van der Waals surface area contributed by atoms with E-state index in [2.05, 4.69) is 26.2 Å². The van der Waals surface area contributed by atoms with Crippen molar-refractivity contribution in [1.82, 2.24) is 20.9 Å². The largest absolute Gasteiger partial charge is 0.325 e. The van der Waals surface area contributed by atoms with Gasteiger partial charge in [0.25, 0.3) is 0 Å². The molecular weight excluding hydrogens is 278 g/mol. The summed E-state index contributed by atoms with van der Waals surface area (Å²) < 4.78 is 0. The molecule has 0 heterocycles. The van der Waals surface area contributed by atoms with E-state index in [0.717, 1.165) is 44.0 Å². The van der Waals surface area contributed by atoms with E-state index in [-0.39, 0.29) is 5.91 Å². The molecule has 0 atom stereocenters. The fourth-order valence-corrected chi connectivity index (χ4v) is 2.18. The highest BCUT2D eigenvalue weighted by Gasteiger charge is 2.10. The highest BCUT2D eigenvalue weighted by molar-refractivity contribution is 5.92. The Morgan fingerprint density at radius 1 is 1.05 bits per heavy atom. The van der Waals surface area contributed by atoms with Gasteiger partial charge in [-0.2, -0.15) is 0 Å². The van der Waals surface area contributed by atoms with E-state index in [9.17, 15) is 4.79 Å². The highest BCUT2D eigenvalue weighted by Crippen LogP contribution is 2.10. The second kappa shape index (κ2) is 11.1. The van der Waals surface area contributed by atoms with Crippen LogP contribution >= 0.6 is 0 Å². The zero-order valence-electron chi connectivity index (χ0n) is 13.9. The van der Waals surface area contributed by atoms with Crippen LogP contribution in [0.3, 0.4) is 0 Å². The van der Waals surface area contributed by atoms with Gasteiger partial charge in [0.1, 0.15) is 0 Å². The second-order valence-corrected chi connectivity index (χ2v) is 5.26. The maximum Gasteiger partial charge on any atom is 0.238 e. The number of rotatable bonds is 11. The molecule has 0 aliphatic rings. The van der Waals surface area contributed by atoms with E-state index in [4.69, 9.17) is 0 Å². The average Bonchev–Trinajstić information content (AvgIpc) is 2.50. The summed E-state index contributed by atoms with van der Waals surface area (Å²) in [5.74, 6) is 0.0220. The Kier molecular flexibility index (Phi) is 9.41. The minimum absolute atomic E-state index is 0.0220. The van der Waals surface area contributed by atoms with Gasteiger partial charge in [-0.3, -0.25) is 9.69 Å². The lowest BCUT2D eigenvalue weighted by Crippen LogP contribution is -2.40. The van der Waals surface area contributed by atoms with Crippen LogP contribution in [0.5, 0.6) is 0 Å². The molecule has 0 unspecified atom stereocenters. The molecule has 0 radical (unpaired) electrons. The summed E-state index contributed by atoms with van der Waals surface area (Å²) in [4.78, 5) is 14.3. The first kappa shape index (κ1) is 18.6. The third-order valence-corrected chi connectivity index (χ3v) is 3.31. The molecule has 1 aromatic carbocycles. The Balaban J connectivity index is 2.52. The van der Waals surface area contributed by atoms with Gasteiger partial charge in [-0.1, -0.05) is 12.1 Å². The Morgan fingerprint density at radius 3 is 2.32 bits per heavy atom. The predicted octanol–water partition coefficient (Wildman–Crippen LogP) is 0.0853. The number of carbonyl (C=O) groups is 1. The van der Waals surface area contributed by atoms with Crippen molar-refractivity contribution in [3.05, 3.63) is 29.8 Å². The molecule has 124 valence electrons. The monoisotopic (exact) mass is 307 g/mol. The molecule has 6 heteroatoms. The van der Waals surface area contributed by atoms with Crippen LogP contribution in [0, 0.1) is 0 Å². The molecule has 0 aliphatic carbocycles. The van der Waals surface area contributed by atoms with Crippen molar-refractivity contribution >= 4 is 11.6 Å². The first-order valence-corrected chi connectivity index (χ1v) is 7.74. The summed E-state index contributed by atoms with van der Waals surface area (Å²) in [5, 5.41) is 12.3. The molecule has 1 rings (SSSR count). The number of amides is 1. The van der Waals surface area contributed by atoms with Crippen molar-refractivity contribution in [1.29, 1.82) is 0 Å². The van der Waals surface area contributed by atoms with Crippen molar-refractivity contribution in [3.63, 3.8) is 0 Å². The van der Waals surface area contributed by atoms with Crippen molar-refractivity contribution in [2.45, 2.75) is 6.54 Å². The van der Waals surface area contributed by atoms with Crippen LogP contribution in [0.25, 0.3) is 0 Å². The van der Waals surface area contributed by atoms with Crippen molar-refractivity contribution in [2.75, 3.05) is 59.2 Å². The number of hydrogen-bond acceptors (Lipinski definition) is 5. The van der Waals surface area contributed by atoms with E-state index in [1.54, 1.807) is 0 Å². The molecule has 0 aliphatic heterocycles. The van der Waals surface area contributed by atoms with Crippen LogP contribution in [0.2, 0.25) is 0 Å². The molecule has 1 amide bonds. The summed E-state index contributed by atoms with van der Waals surface area (Å²) >= 11 is 0. The molecule has 0 spiro atoms. The van der Waals surface area contributed by atoms with Gasteiger partial charge >= 0.3 is 0 Å². The van der Waals surface area contributed by atoms with Gasteiger partial charge in [0.05, 0.1) is 6.54 Å². The Hall–Kier alpha value is -1.47. The Labute approximate surface area is 133 Å². The maximum atomic E-state index is 12.2. The van der Waals surface area contributed by atoms with Crippen molar-refractivity contribution < 1.29 is 4.79 Å². The van der Waals surface area contributed by atoms with Gasteiger partial charge in [-0.15, -0.1) is 0 Å². The van der Waals surface area contributed by atoms with Crippen LogP contribution in [-0.4, -0.2) is 64.7 Å². The zero-order chi connectivity index (χ0) is 16.2. The molecule has 0 aromatic heterocycles. The van der Waals surface area contributed by atoms with Crippen LogP contribution in [0.1, 0.15) is 5.56 Å². The number of benzene rings is 1. The van der Waals surface area contributed by atoms with Gasteiger partial charge in [-0.05, 0) is 38.8 Å². The highest BCUT2D eigenvalue weighted by atomic mass is 16.2. The lowest BCUT2D eigenvalue weighted by Gasteiger charge is -2.21. The summed E-state index contributed by atoms with van der Waals surface area (Å²) in [7, 11) is 5.75. The third kappa shape index (κ3) is 7.51. The fraction of sp³-hybridized carbons (Fsp3) is 0.562. The number of nitrogens with one attached hydrogen (secondary N) is 4. The number of nitrogens with zero attached hydrogens (tertiary/aromatic N) is 1. The van der Waals surface area contributed by atoms with Crippen molar-refractivity contribution in [3.8, 4) is 0 Å². The molecule has 1 aromatic rings. The third-order valence-electron chi connectivity index (χ3n) is 3.31. The molecule has 4 N–H and O–H groups in total. The quantitative estimate of drug-likeness (QED) is 0.466. The van der Waals surface area contributed by atoms with Crippen LogP contribution < -0.4 is 21.3 Å². The van der Waals surface area contributed by atoms with Crippen LogP contribution in [0.15, 0.2) is 24.3 Å². The van der Waals surface area contributed by atoms with Gasteiger partial charge < -0.3 is 21.3 Å². The number of anilines is 1. The van der Waals surface area contributed by atoms with E-state index in [1.165, 1.54) is 0 Å². The molecule has 22 heavy (non-hydrogen) atoms. The van der Waals surface area contributed by atoms with Crippen molar-refractivity contribution in [2.24, 2.45) is 0 Å². The summed E-state index contributed by atoms with van der Waals surface area (Å²) in [6.45, 7) is 4.64. The van der Waals surface area contributed by atoms with Crippen LogP contribution in [-0.2, 0) is 11.3 Å². The molecule has 0 saturated heterocycles. The van der Waals surface area contributed by atoms with E-state index < -0.39 is 0 Å². The second-order valence-electron chi connectivity index (χ2n) is 5.26. The minimum atomic E-state index is 0.0220. The lowest BCUT2D eigenvalue weighted by molar-refractivity contribution is -0.117. The molecule has 0 saturated carbocycles. The molecule has 0 bridgehead atoms. The lowest BCUT2D eigenvalue weighted by atomic mass is 10.2. The summed E-state index contributed by atoms with van der Waals surface area (Å²) in [6.07, 6.45) is 0. The number of likely N-dealkylation sites (N-methyl/N-ethyl adjacent to an activating group) is 2. The first-order valence-electron chi connectivity index (χ1n) is 7.74.